The van der Waals surface area contributed by atoms with Gasteiger partial charge in [-0.2, -0.15) is 0 Å². The van der Waals surface area contributed by atoms with Gasteiger partial charge >= 0.3 is 0 Å². The summed E-state index contributed by atoms with van der Waals surface area (Å²) in [7, 11) is 0. The van der Waals surface area contributed by atoms with Crippen LogP contribution >= 0.6 is 0 Å². The predicted octanol–water partition coefficient (Wildman–Crippen LogP) is 5.32. The van der Waals surface area contributed by atoms with E-state index in [-0.39, 0.29) is 0 Å². The highest BCUT2D eigenvalue weighted by atomic mass is 19.1. The highest BCUT2D eigenvalue weighted by Crippen LogP contribution is 2.21. The van der Waals surface area contributed by atoms with Crippen molar-refractivity contribution in [3.05, 3.63) is 70.8 Å². The molecule has 1 heterocycles. The topological polar surface area (TPSA) is 12.0 Å². The number of hydrogen-bond acceptors (Lipinski definition) is 1. The van der Waals surface area contributed by atoms with Crippen LogP contribution in [-0.2, 0) is 12.8 Å². The summed E-state index contributed by atoms with van der Waals surface area (Å²) < 4.78 is 53.1. The van der Waals surface area contributed by atoms with E-state index in [1.54, 1.807) is 0 Å². The van der Waals surface area contributed by atoms with Gasteiger partial charge < -0.3 is 5.32 Å². The second kappa shape index (κ2) is 8.67. The maximum atomic E-state index is 13.3. The van der Waals surface area contributed by atoms with Crippen LogP contribution in [0.2, 0.25) is 0 Å². The van der Waals surface area contributed by atoms with E-state index in [0.29, 0.717) is 36.1 Å². The molecule has 2 aromatic rings. The number of benzene rings is 2. The Balaban J connectivity index is 1.49. The Hall–Kier alpha value is -1.88. The molecule has 0 amide bonds. The fourth-order valence-corrected chi connectivity index (χ4v) is 3.76. The van der Waals surface area contributed by atoms with Crippen molar-refractivity contribution in [2.75, 3.05) is 0 Å². The van der Waals surface area contributed by atoms with Gasteiger partial charge in [0, 0.05) is 24.2 Å². The van der Waals surface area contributed by atoms with Gasteiger partial charge in [-0.15, -0.1) is 0 Å². The molecule has 0 radical (unpaired) electrons. The lowest BCUT2D eigenvalue weighted by Crippen LogP contribution is -2.42. The van der Waals surface area contributed by atoms with Crippen molar-refractivity contribution < 1.29 is 17.6 Å². The van der Waals surface area contributed by atoms with Crippen molar-refractivity contribution >= 4 is 0 Å². The Kier molecular flexibility index (Phi) is 6.30. The molecule has 140 valence electrons. The first-order chi connectivity index (χ1) is 12.5. The van der Waals surface area contributed by atoms with E-state index in [1.165, 1.54) is 24.3 Å². The third kappa shape index (κ3) is 5.56. The van der Waals surface area contributed by atoms with Crippen LogP contribution in [-0.4, -0.2) is 12.1 Å². The highest BCUT2D eigenvalue weighted by molar-refractivity contribution is 5.19. The van der Waals surface area contributed by atoms with Crippen LogP contribution < -0.4 is 5.32 Å². The zero-order valence-electron chi connectivity index (χ0n) is 14.6. The molecule has 1 aliphatic heterocycles. The van der Waals surface area contributed by atoms with E-state index in [2.05, 4.69) is 5.32 Å². The first-order valence-electron chi connectivity index (χ1n) is 9.14. The van der Waals surface area contributed by atoms with Gasteiger partial charge in [-0.25, -0.2) is 17.6 Å². The van der Waals surface area contributed by atoms with Gasteiger partial charge in [0.2, 0.25) is 0 Å². The number of nitrogens with one attached hydrogen (secondary N) is 1. The monoisotopic (exact) mass is 365 g/mol. The Morgan fingerprint density at radius 2 is 1.04 bits per heavy atom. The van der Waals surface area contributed by atoms with E-state index in [4.69, 9.17) is 0 Å². The molecule has 2 atom stereocenters. The molecule has 0 bridgehead atoms. The molecule has 1 N–H and O–H groups in total. The Labute approximate surface area is 151 Å². The molecular weight excluding hydrogens is 342 g/mol. The largest absolute Gasteiger partial charge is 0.311 e. The van der Waals surface area contributed by atoms with E-state index in [0.717, 1.165) is 44.2 Å². The number of piperidine rings is 1. The van der Waals surface area contributed by atoms with Crippen molar-refractivity contribution in [3.63, 3.8) is 0 Å². The van der Waals surface area contributed by atoms with Gasteiger partial charge in [0.1, 0.15) is 23.3 Å². The molecule has 3 rings (SSSR count). The number of halogens is 4. The quantitative estimate of drug-likeness (QED) is 0.683. The lowest BCUT2D eigenvalue weighted by Gasteiger charge is -2.31. The zero-order valence-corrected chi connectivity index (χ0v) is 14.6. The molecule has 26 heavy (non-hydrogen) atoms. The van der Waals surface area contributed by atoms with Crippen molar-refractivity contribution in [1.82, 2.24) is 5.32 Å². The molecule has 0 aliphatic carbocycles. The Bertz CT molecular complexity index is 645. The van der Waals surface area contributed by atoms with Crippen LogP contribution in [0.1, 0.15) is 43.2 Å². The normalized spacial score (nSPS) is 20.3. The summed E-state index contributed by atoms with van der Waals surface area (Å²) in [6, 6.07) is 7.86. The third-order valence-electron chi connectivity index (χ3n) is 4.98. The molecule has 0 spiro atoms. The molecule has 0 saturated carbocycles. The molecule has 1 aliphatic rings. The summed E-state index contributed by atoms with van der Waals surface area (Å²) in [5, 5.41) is 3.58. The van der Waals surface area contributed by atoms with Crippen molar-refractivity contribution in [2.24, 2.45) is 0 Å². The minimum atomic E-state index is -0.545. The van der Waals surface area contributed by atoms with E-state index in [1.807, 2.05) is 0 Å². The van der Waals surface area contributed by atoms with Crippen LogP contribution in [0.4, 0.5) is 17.6 Å². The van der Waals surface area contributed by atoms with Crippen LogP contribution in [0, 0.1) is 23.3 Å². The lowest BCUT2D eigenvalue weighted by atomic mass is 9.91. The smallest absolute Gasteiger partial charge is 0.126 e. The first-order valence-corrected chi connectivity index (χ1v) is 9.14. The average Bonchev–Trinajstić information content (AvgIpc) is 2.57. The minimum Gasteiger partial charge on any atom is -0.311 e. The molecule has 1 nitrogen and oxygen atoms in total. The van der Waals surface area contributed by atoms with Crippen LogP contribution in [0.25, 0.3) is 0 Å². The van der Waals surface area contributed by atoms with E-state index < -0.39 is 23.3 Å². The molecule has 0 aromatic heterocycles. The lowest BCUT2D eigenvalue weighted by molar-refractivity contribution is 0.296. The summed E-state index contributed by atoms with van der Waals surface area (Å²) in [4.78, 5) is 0. The molecule has 1 saturated heterocycles. The standard InChI is InChI=1S/C21H23F4N/c22-16-8-14(9-17(23)12-16)4-6-20-2-1-3-21(26-20)7-5-15-10-18(24)13-19(25)11-15/h8-13,20-21,26H,1-7H2/t20-,21+. The molecule has 2 aromatic carbocycles. The summed E-state index contributed by atoms with van der Waals surface area (Å²) >= 11 is 0. The average molecular weight is 365 g/mol. The van der Waals surface area contributed by atoms with Gasteiger partial charge in [0.05, 0.1) is 0 Å². The van der Waals surface area contributed by atoms with E-state index >= 15 is 0 Å². The van der Waals surface area contributed by atoms with Gasteiger partial charge in [0.15, 0.2) is 0 Å². The first kappa shape index (κ1) is 18.9. The van der Waals surface area contributed by atoms with E-state index in [9.17, 15) is 17.6 Å². The summed E-state index contributed by atoms with van der Waals surface area (Å²) in [6.45, 7) is 0. The maximum absolute atomic E-state index is 13.3. The Morgan fingerprint density at radius 1 is 0.654 bits per heavy atom. The fraction of sp³-hybridized carbons (Fsp3) is 0.429. The fourth-order valence-electron chi connectivity index (χ4n) is 3.76. The van der Waals surface area contributed by atoms with Gasteiger partial charge in [-0.3, -0.25) is 0 Å². The number of hydrogen-bond donors (Lipinski definition) is 1. The van der Waals surface area contributed by atoms with Gasteiger partial charge in [0.25, 0.3) is 0 Å². The predicted molar refractivity (Wildman–Crippen MR) is 93.9 cm³/mol. The van der Waals surface area contributed by atoms with Crippen LogP contribution in [0.3, 0.4) is 0 Å². The summed E-state index contributed by atoms with van der Waals surface area (Å²) in [5.41, 5.74) is 1.34. The molecule has 5 heteroatoms. The molecule has 1 fully saturated rings. The summed E-state index contributed by atoms with van der Waals surface area (Å²) in [6.07, 6.45) is 6.01. The van der Waals surface area contributed by atoms with Gasteiger partial charge in [-0.1, -0.05) is 6.42 Å². The number of rotatable bonds is 6. The molecular formula is C21H23F4N. The van der Waals surface area contributed by atoms with Crippen LogP contribution in [0.5, 0.6) is 0 Å². The van der Waals surface area contributed by atoms with Crippen LogP contribution in [0.15, 0.2) is 36.4 Å². The highest BCUT2D eigenvalue weighted by Gasteiger charge is 2.21. The third-order valence-corrected chi connectivity index (χ3v) is 4.98. The second-order valence-electron chi connectivity index (χ2n) is 7.12. The number of aryl methyl sites for hydroxylation is 2. The maximum Gasteiger partial charge on any atom is 0.126 e. The molecule has 0 unspecified atom stereocenters. The Morgan fingerprint density at radius 3 is 1.42 bits per heavy atom. The van der Waals surface area contributed by atoms with Crippen molar-refractivity contribution in [1.29, 1.82) is 0 Å². The van der Waals surface area contributed by atoms with Crippen molar-refractivity contribution in [3.8, 4) is 0 Å². The minimum absolute atomic E-state index is 0.296. The zero-order chi connectivity index (χ0) is 18.5. The second-order valence-corrected chi connectivity index (χ2v) is 7.12. The van der Waals surface area contributed by atoms with Crippen molar-refractivity contribution in [2.45, 2.75) is 57.0 Å². The SMILES string of the molecule is Fc1cc(F)cc(CC[C@H]2CCC[C@@H](CCc3cc(F)cc(F)c3)N2)c1. The summed E-state index contributed by atoms with van der Waals surface area (Å²) in [5.74, 6) is -2.18. The van der Waals surface area contributed by atoms with Gasteiger partial charge in [-0.05, 0) is 73.9 Å².